The van der Waals surface area contributed by atoms with Crippen molar-refractivity contribution in [2.24, 2.45) is 5.92 Å². The normalized spacial score (nSPS) is 12.7. The summed E-state index contributed by atoms with van der Waals surface area (Å²) in [4.78, 5) is 17.5. The number of nitrogens with one attached hydrogen (secondary N) is 1. The molecule has 2 heterocycles. The number of hydrogen-bond donors (Lipinski definition) is 1. The van der Waals surface area contributed by atoms with Gasteiger partial charge in [-0.1, -0.05) is 19.9 Å². The molecule has 0 radical (unpaired) electrons. The molecule has 1 unspecified atom stereocenters. The third kappa shape index (κ3) is 2.97. The summed E-state index contributed by atoms with van der Waals surface area (Å²) < 4.78 is 0. The first-order chi connectivity index (χ1) is 8.58. The van der Waals surface area contributed by atoms with Crippen molar-refractivity contribution in [2.45, 2.75) is 26.8 Å². The van der Waals surface area contributed by atoms with E-state index in [4.69, 9.17) is 0 Å². The Balaban J connectivity index is 2.08. The van der Waals surface area contributed by atoms with Crippen molar-refractivity contribution in [2.75, 3.05) is 0 Å². The van der Waals surface area contributed by atoms with Crippen molar-refractivity contribution < 1.29 is 4.79 Å². The molecule has 0 fully saturated rings. The number of thiophene rings is 1. The second-order valence-electron chi connectivity index (χ2n) is 4.52. The van der Waals surface area contributed by atoms with Gasteiger partial charge in [0.25, 0.3) is 5.91 Å². The van der Waals surface area contributed by atoms with Crippen LogP contribution in [0.3, 0.4) is 0 Å². The molecule has 0 spiro atoms. The Bertz CT molecular complexity index is 517. The topological polar surface area (TPSA) is 42.0 Å². The van der Waals surface area contributed by atoms with E-state index >= 15 is 0 Å². The summed E-state index contributed by atoms with van der Waals surface area (Å²) in [6, 6.07) is 4.16. The van der Waals surface area contributed by atoms with E-state index in [1.165, 1.54) is 11.3 Å². The average Bonchev–Trinajstić information content (AvgIpc) is 2.99. The van der Waals surface area contributed by atoms with Crippen LogP contribution in [0.1, 0.15) is 31.3 Å². The van der Waals surface area contributed by atoms with Gasteiger partial charge in [-0.05, 0) is 24.3 Å². The fraction of sp³-hybridized carbons (Fsp3) is 0.385. The molecule has 96 valence electrons. The van der Waals surface area contributed by atoms with Crippen LogP contribution in [0.25, 0.3) is 9.88 Å². The summed E-state index contributed by atoms with van der Waals surface area (Å²) in [5.74, 6) is 0.333. The van der Waals surface area contributed by atoms with Gasteiger partial charge in [0.1, 0.15) is 10.7 Å². The van der Waals surface area contributed by atoms with Gasteiger partial charge >= 0.3 is 0 Å². The van der Waals surface area contributed by atoms with Crippen molar-refractivity contribution in [3.8, 4) is 9.88 Å². The SMILES string of the molecule is CC(C)C(C)NC(=O)c1csc(-c2cccs2)n1. The summed E-state index contributed by atoms with van der Waals surface area (Å²) in [7, 11) is 0. The first kappa shape index (κ1) is 13.2. The van der Waals surface area contributed by atoms with Gasteiger partial charge < -0.3 is 5.32 Å². The number of nitrogens with zero attached hydrogens (tertiary/aromatic N) is 1. The number of rotatable bonds is 4. The lowest BCUT2D eigenvalue weighted by Gasteiger charge is -2.16. The molecule has 1 N–H and O–H groups in total. The zero-order valence-corrected chi connectivity index (χ0v) is 12.3. The molecule has 0 saturated carbocycles. The molecule has 1 atom stereocenters. The molecule has 0 aliphatic rings. The summed E-state index contributed by atoms with van der Waals surface area (Å²) >= 11 is 3.15. The first-order valence-electron chi connectivity index (χ1n) is 5.88. The van der Waals surface area contributed by atoms with Crippen LogP contribution in [0, 0.1) is 5.92 Å². The molecule has 5 heteroatoms. The van der Waals surface area contributed by atoms with Crippen LogP contribution in [0.15, 0.2) is 22.9 Å². The van der Waals surface area contributed by atoms with Gasteiger partial charge in [-0.15, -0.1) is 22.7 Å². The first-order valence-corrected chi connectivity index (χ1v) is 7.64. The average molecular weight is 280 g/mol. The van der Waals surface area contributed by atoms with Gasteiger partial charge in [-0.25, -0.2) is 4.98 Å². The van der Waals surface area contributed by atoms with Crippen molar-refractivity contribution in [3.05, 3.63) is 28.6 Å². The predicted octanol–water partition coefficient (Wildman–Crippen LogP) is 3.65. The van der Waals surface area contributed by atoms with E-state index in [-0.39, 0.29) is 11.9 Å². The van der Waals surface area contributed by atoms with E-state index in [1.807, 2.05) is 29.8 Å². The molecule has 18 heavy (non-hydrogen) atoms. The number of carbonyl (C=O) groups is 1. The molecule has 0 aliphatic carbocycles. The standard InChI is InChI=1S/C13H16N2OS2/c1-8(2)9(3)14-12(16)10-7-18-13(15-10)11-5-4-6-17-11/h4-9H,1-3H3,(H,14,16). The fourth-order valence-corrected chi connectivity index (χ4v) is 2.95. The Kier molecular flexibility index (Phi) is 4.14. The smallest absolute Gasteiger partial charge is 0.270 e. The van der Waals surface area contributed by atoms with Crippen LogP contribution >= 0.6 is 22.7 Å². The highest BCUT2D eigenvalue weighted by molar-refractivity contribution is 7.20. The maximum absolute atomic E-state index is 12.0. The van der Waals surface area contributed by atoms with Crippen molar-refractivity contribution in [3.63, 3.8) is 0 Å². The minimum Gasteiger partial charge on any atom is -0.348 e. The van der Waals surface area contributed by atoms with E-state index in [2.05, 4.69) is 24.1 Å². The van der Waals surface area contributed by atoms with E-state index < -0.39 is 0 Å². The molecule has 2 aromatic heterocycles. The Morgan fingerprint density at radius 3 is 2.72 bits per heavy atom. The Hall–Kier alpha value is -1.20. The van der Waals surface area contributed by atoms with Crippen LogP contribution in [-0.2, 0) is 0 Å². The van der Waals surface area contributed by atoms with Gasteiger partial charge in [0.2, 0.25) is 0 Å². The molecule has 3 nitrogen and oxygen atoms in total. The number of amides is 1. The lowest BCUT2D eigenvalue weighted by Crippen LogP contribution is -2.36. The maximum atomic E-state index is 12.0. The Morgan fingerprint density at radius 1 is 1.33 bits per heavy atom. The molecule has 0 bridgehead atoms. The van der Waals surface area contributed by atoms with Crippen LogP contribution in [-0.4, -0.2) is 16.9 Å². The molecule has 2 aromatic rings. The largest absolute Gasteiger partial charge is 0.348 e. The quantitative estimate of drug-likeness (QED) is 0.929. The Labute approximate surface area is 115 Å². The number of thiazole rings is 1. The van der Waals surface area contributed by atoms with Crippen molar-refractivity contribution in [1.82, 2.24) is 10.3 Å². The van der Waals surface area contributed by atoms with Crippen LogP contribution in [0.5, 0.6) is 0 Å². The van der Waals surface area contributed by atoms with Crippen LogP contribution in [0.2, 0.25) is 0 Å². The molecule has 0 aromatic carbocycles. The molecular formula is C13H16N2OS2. The maximum Gasteiger partial charge on any atom is 0.270 e. The van der Waals surface area contributed by atoms with Gasteiger partial charge in [0.15, 0.2) is 0 Å². The van der Waals surface area contributed by atoms with Crippen molar-refractivity contribution >= 4 is 28.6 Å². The highest BCUT2D eigenvalue weighted by atomic mass is 32.1. The molecule has 2 rings (SSSR count). The van der Waals surface area contributed by atoms with Gasteiger partial charge in [-0.2, -0.15) is 0 Å². The van der Waals surface area contributed by atoms with Crippen LogP contribution in [0.4, 0.5) is 0 Å². The van der Waals surface area contributed by atoms with Gasteiger partial charge in [0, 0.05) is 11.4 Å². The summed E-state index contributed by atoms with van der Waals surface area (Å²) in [6.07, 6.45) is 0. The lowest BCUT2D eigenvalue weighted by atomic mass is 10.1. The number of carbonyl (C=O) groups excluding carboxylic acids is 1. The number of hydrogen-bond acceptors (Lipinski definition) is 4. The summed E-state index contributed by atoms with van der Waals surface area (Å²) in [5.41, 5.74) is 0.510. The van der Waals surface area contributed by atoms with Gasteiger partial charge in [0.05, 0.1) is 4.88 Å². The third-order valence-corrected chi connectivity index (χ3v) is 4.71. The minimum absolute atomic E-state index is 0.0877. The summed E-state index contributed by atoms with van der Waals surface area (Å²) in [5, 5.41) is 7.70. The lowest BCUT2D eigenvalue weighted by molar-refractivity contribution is 0.0926. The highest BCUT2D eigenvalue weighted by Crippen LogP contribution is 2.27. The summed E-state index contributed by atoms with van der Waals surface area (Å²) in [6.45, 7) is 6.18. The third-order valence-electron chi connectivity index (χ3n) is 2.83. The second kappa shape index (κ2) is 5.63. The van der Waals surface area contributed by atoms with Gasteiger partial charge in [-0.3, -0.25) is 4.79 Å². The molecule has 0 aliphatic heterocycles. The molecular weight excluding hydrogens is 264 g/mol. The number of aromatic nitrogens is 1. The van der Waals surface area contributed by atoms with E-state index in [1.54, 1.807) is 11.3 Å². The minimum atomic E-state index is -0.0877. The molecule has 1 amide bonds. The van der Waals surface area contributed by atoms with E-state index in [0.717, 1.165) is 9.88 Å². The molecule has 0 saturated heterocycles. The van der Waals surface area contributed by atoms with Crippen LogP contribution < -0.4 is 5.32 Å². The fourth-order valence-electron chi connectivity index (χ4n) is 1.34. The highest BCUT2D eigenvalue weighted by Gasteiger charge is 2.15. The van der Waals surface area contributed by atoms with E-state index in [0.29, 0.717) is 11.6 Å². The zero-order valence-electron chi connectivity index (χ0n) is 10.6. The monoisotopic (exact) mass is 280 g/mol. The Morgan fingerprint density at radius 2 is 2.11 bits per heavy atom. The van der Waals surface area contributed by atoms with E-state index in [9.17, 15) is 4.79 Å². The predicted molar refractivity (Wildman–Crippen MR) is 77.2 cm³/mol. The second-order valence-corrected chi connectivity index (χ2v) is 6.33. The van der Waals surface area contributed by atoms with Crippen molar-refractivity contribution in [1.29, 1.82) is 0 Å². The zero-order chi connectivity index (χ0) is 13.1.